The maximum absolute atomic E-state index is 13.0. The fraction of sp³-hybridized carbons (Fsp3) is 0.160. The summed E-state index contributed by atoms with van der Waals surface area (Å²) in [6.45, 7) is 0. The molecule has 0 aliphatic heterocycles. The van der Waals surface area contributed by atoms with Gasteiger partial charge in [-0.3, -0.25) is 4.79 Å². The molecule has 28 heavy (non-hydrogen) atoms. The zero-order valence-electron chi connectivity index (χ0n) is 16.1. The van der Waals surface area contributed by atoms with Gasteiger partial charge in [-0.1, -0.05) is 60.7 Å². The summed E-state index contributed by atoms with van der Waals surface area (Å²) in [5, 5.41) is 1.19. The number of rotatable bonds is 6. The number of aromatic nitrogens is 1. The molecular formula is C25H23NO2. The molecule has 3 nitrogen and oxygen atoms in total. The zero-order chi connectivity index (χ0) is 19.5. The standard InChI is InChI=1S/C25H23NO2/c1-26-17-23(21-10-6-7-11-24(21)26)22(18-12-14-20(28-2)15-13-18)16-25(27)19-8-4-3-5-9-19/h3-15,17,22H,16H2,1-2H3. The second-order valence-corrected chi connectivity index (χ2v) is 7.03. The first-order valence-corrected chi connectivity index (χ1v) is 9.43. The number of para-hydroxylation sites is 1. The van der Waals surface area contributed by atoms with E-state index in [0.717, 1.165) is 16.9 Å². The van der Waals surface area contributed by atoms with Crippen molar-refractivity contribution in [2.75, 3.05) is 7.11 Å². The summed E-state index contributed by atoms with van der Waals surface area (Å²) in [6.07, 6.45) is 2.57. The Morgan fingerprint density at radius 1 is 0.929 bits per heavy atom. The maximum Gasteiger partial charge on any atom is 0.163 e. The van der Waals surface area contributed by atoms with Gasteiger partial charge in [-0.15, -0.1) is 0 Å². The average molecular weight is 369 g/mol. The van der Waals surface area contributed by atoms with Crippen molar-refractivity contribution in [3.8, 4) is 5.75 Å². The Morgan fingerprint density at radius 3 is 2.32 bits per heavy atom. The van der Waals surface area contributed by atoms with Crippen molar-refractivity contribution in [3.05, 3.63) is 102 Å². The number of hydrogen-bond acceptors (Lipinski definition) is 2. The minimum absolute atomic E-state index is 0.0234. The smallest absolute Gasteiger partial charge is 0.163 e. The van der Waals surface area contributed by atoms with Crippen LogP contribution in [0.4, 0.5) is 0 Å². The molecule has 0 amide bonds. The molecule has 140 valence electrons. The van der Waals surface area contributed by atoms with Crippen molar-refractivity contribution in [1.29, 1.82) is 0 Å². The third kappa shape index (κ3) is 3.44. The Hall–Kier alpha value is -3.33. The highest BCUT2D eigenvalue weighted by Gasteiger charge is 2.23. The molecule has 0 aliphatic rings. The van der Waals surface area contributed by atoms with Gasteiger partial charge in [0.15, 0.2) is 5.78 Å². The SMILES string of the molecule is COc1ccc(C(CC(=O)c2ccccc2)c2cn(C)c3ccccc23)cc1. The van der Waals surface area contributed by atoms with E-state index in [1.165, 1.54) is 16.5 Å². The van der Waals surface area contributed by atoms with E-state index in [9.17, 15) is 4.79 Å². The lowest BCUT2D eigenvalue weighted by Gasteiger charge is -2.17. The summed E-state index contributed by atoms with van der Waals surface area (Å²) in [6, 6.07) is 25.9. The maximum atomic E-state index is 13.0. The molecule has 3 heteroatoms. The molecular weight excluding hydrogens is 346 g/mol. The summed E-state index contributed by atoms with van der Waals surface area (Å²) in [5.41, 5.74) is 4.21. The number of benzene rings is 3. The van der Waals surface area contributed by atoms with E-state index in [2.05, 4.69) is 48.1 Å². The van der Waals surface area contributed by atoms with Gasteiger partial charge in [0.1, 0.15) is 5.75 Å². The average Bonchev–Trinajstić information content (AvgIpc) is 3.09. The van der Waals surface area contributed by atoms with Crippen LogP contribution < -0.4 is 4.74 Å². The van der Waals surface area contributed by atoms with Gasteiger partial charge in [0.2, 0.25) is 0 Å². The number of fused-ring (bicyclic) bond motifs is 1. The number of Topliss-reactive ketones (excluding diaryl/α,β-unsaturated/α-hetero) is 1. The topological polar surface area (TPSA) is 31.2 Å². The highest BCUT2D eigenvalue weighted by atomic mass is 16.5. The molecule has 4 aromatic rings. The number of carbonyl (C=O) groups is 1. The van der Waals surface area contributed by atoms with Crippen LogP contribution in [0.25, 0.3) is 10.9 Å². The summed E-state index contributed by atoms with van der Waals surface area (Å²) < 4.78 is 7.44. The van der Waals surface area contributed by atoms with Crippen LogP contribution in [-0.2, 0) is 7.05 Å². The second kappa shape index (κ2) is 7.73. The minimum atomic E-state index is -0.0234. The van der Waals surface area contributed by atoms with Gasteiger partial charge < -0.3 is 9.30 Å². The van der Waals surface area contributed by atoms with Gasteiger partial charge in [-0.2, -0.15) is 0 Å². The lowest BCUT2D eigenvalue weighted by molar-refractivity contribution is 0.0978. The van der Waals surface area contributed by atoms with E-state index >= 15 is 0 Å². The van der Waals surface area contributed by atoms with E-state index in [1.807, 2.05) is 48.5 Å². The Labute approximate surface area is 165 Å². The van der Waals surface area contributed by atoms with Crippen molar-refractivity contribution in [1.82, 2.24) is 4.57 Å². The van der Waals surface area contributed by atoms with Crippen LogP contribution in [0, 0.1) is 0 Å². The predicted octanol–water partition coefficient (Wildman–Crippen LogP) is 5.59. The van der Waals surface area contributed by atoms with E-state index < -0.39 is 0 Å². The van der Waals surface area contributed by atoms with Gasteiger partial charge in [0.05, 0.1) is 7.11 Å². The van der Waals surface area contributed by atoms with E-state index in [1.54, 1.807) is 7.11 Å². The van der Waals surface area contributed by atoms with Crippen LogP contribution in [0.2, 0.25) is 0 Å². The number of aryl methyl sites for hydroxylation is 1. The molecule has 1 unspecified atom stereocenters. The lowest BCUT2D eigenvalue weighted by atomic mass is 9.85. The summed E-state index contributed by atoms with van der Waals surface area (Å²) in [7, 11) is 3.71. The second-order valence-electron chi connectivity index (χ2n) is 7.03. The van der Waals surface area contributed by atoms with Crippen molar-refractivity contribution >= 4 is 16.7 Å². The van der Waals surface area contributed by atoms with Crippen molar-refractivity contribution in [2.45, 2.75) is 12.3 Å². The van der Waals surface area contributed by atoms with Gasteiger partial charge in [-0.05, 0) is 29.3 Å². The molecule has 0 bridgehead atoms. The van der Waals surface area contributed by atoms with E-state index in [-0.39, 0.29) is 11.7 Å². The molecule has 0 fully saturated rings. The first kappa shape index (κ1) is 18.1. The highest BCUT2D eigenvalue weighted by Crippen LogP contribution is 2.35. The van der Waals surface area contributed by atoms with Crippen LogP contribution in [-0.4, -0.2) is 17.5 Å². The molecule has 0 radical (unpaired) electrons. The van der Waals surface area contributed by atoms with E-state index in [0.29, 0.717) is 6.42 Å². The number of ether oxygens (including phenoxy) is 1. The fourth-order valence-corrected chi connectivity index (χ4v) is 3.82. The summed E-state index contributed by atoms with van der Waals surface area (Å²) in [5.74, 6) is 0.939. The monoisotopic (exact) mass is 369 g/mol. The fourth-order valence-electron chi connectivity index (χ4n) is 3.82. The Balaban J connectivity index is 1.79. The van der Waals surface area contributed by atoms with Crippen LogP contribution in [0.1, 0.15) is 33.8 Å². The molecule has 1 aromatic heterocycles. The molecule has 0 saturated heterocycles. The highest BCUT2D eigenvalue weighted by molar-refractivity contribution is 5.97. The largest absolute Gasteiger partial charge is 0.497 e. The van der Waals surface area contributed by atoms with Gasteiger partial charge in [0.25, 0.3) is 0 Å². The van der Waals surface area contributed by atoms with Crippen LogP contribution >= 0.6 is 0 Å². The molecule has 4 rings (SSSR count). The van der Waals surface area contributed by atoms with Crippen LogP contribution in [0.5, 0.6) is 5.75 Å². The predicted molar refractivity (Wildman–Crippen MR) is 113 cm³/mol. The molecule has 0 aliphatic carbocycles. The first-order valence-electron chi connectivity index (χ1n) is 9.43. The number of hydrogen-bond donors (Lipinski definition) is 0. The Kier molecular flexibility index (Phi) is 4.98. The van der Waals surface area contributed by atoms with Crippen molar-refractivity contribution in [2.24, 2.45) is 7.05 Å². The first-order chi connectivity index (χ1) is 13.7. The molecule has 0 spiro atoms. The Bertz CT molecular complexity index is 1090. The third-order valence-corrected chi connectivity index (χ3v) is 5.31. The number of carbonyl (C=O) groups excluding carboxylic acids is 1. The molecule has 3 aromatic carbocycles. The van der Waals surface area contributed by atoms with Crippen LogP contribution in [0.3, 0.4) is 0 Å². The zero-order valence-corrected chi connectivity index (χ0v) is 16.1. The number of nitrogens with zero attached hydrogens (tertiary/aromatic N) is 1. The quantitative estimate of drug-likeness (QED) is 0.415. The molecule has 0 N–H and O–H groups in total. The molecule has 0 saturated carbocycles. The molecule has 1 heterocycles. The summed E-state index contributed by atoms with van der Waals surface area (Å²) in [4.78, 5) is 13.0. The number of ketones is 1. The Morgan fingerprint density at radius 2 is 1.61 bits per heavy atom. The lowest BCUT2D eigenvalue weighted by Crippen LogP contribution is -2.09. The van der Waals surface area contributed by atoms with Gasteiger partial charge in [0, 0.05) is 42.0 Å². The van der Waals surface area contributed by atoms with Gasteiger partial charge >= 0.3 is 0 Å². The number of methoxy groups -OCH3 is 1. The minimum Gasteiger partial charge on any atom is -0.497 e. The van der Waals surface area contributed by atoms with Crippen molar-refractivity contribution in [3.63, 3.8) is 0 Å². The molecule has 1 atom stereocenters. The van der Waals surface area contributed by atoms with Gasteiger partial charge in [-0.25, -0.2) is 0 Å². The third-order valence-electron chi connectivity index (χ3n) is 5.31. The normalized spacial score (nSPS) is 12.1. The summed E-state index contributed by atoms with van der Waals surface area (Å²) >= 11 is 0. The van der Waals surface area contributed by atoms with Crippen molar-refractivity contribution < 1.29 is 9.53 Å². The van der Waals surface area contributed by atoms with E-state index in [4.69, 9.17) is 4.74 Å². The van der Waals surface area contributed by atoms with Crippen LogP contribution in [0.15, 0.2) is 85.1 Å².